The average Bonchev–Trinajstić information content (AvgIpc) is 2.37. The third-order valence-electron chi connectivity index (χ3n) is 2.97. The van der Waals surface area contributed by atoms with Crippen LogP contribution < -0.4 is 0 Å². The minimum atomic E-state index is 1.08. The van der Waals surface area contributed by atoms with Crippen LogP contribution in [-0.2, 0) is 12.8 Å². The van der Waals surface area contributed by atoms with E-state index < -0.39 is 0 Å². The van der Waals surface area contributed by atoms with Crippen molar-refractivity contribution in [3.63, 3.8) is 0 Å². The van der Waals surface area contributed by atoms with Crippen molar-refractivity contribution in [3.8, 4) is 0 Å². The molecule has 0 aliphatic rings. The lowest BCUT2D eigenvalue weighted by atomic mass is 10.0. The molecule has 0 nitrogen and oxygen atoms in total. The van der Waals surface area contributed by atoms with Crippen LogP contribution in [0.5, 0.6) is 0 Å². The SMILES string of the molecule is C/C=C\C=C(/CC)Cc1ccc(CCC)cc1. The maximum absolute atomic E-state index is 2.27. The van der Waals surface area contributed by atoms with Crippen LogP contribution in [-0.4, -0.2) is 0 Å². The van der Waals surface area contributed by atoms with Crippen molar-refractivity contribution in [2.24, 2.45) is 0 Å². The van der Waals surface area contributed by atoms with E-state index in [1.54, 1.807) is 0 Å². The summed E-state index contributed by atoms with van der Waals surface area (Å²) in [5.74, 6) is 0. The van der Waals surface area contributed by atoms with E-state index >= 15 is 0 Å². The molecule has 1 rings (SSSR count). The summed E-state index contributed by atoms with van der Waals surface area (Å²) >= 11 is 0. The van der Waals surface area contributed by atoms with Gasteiger partial charge in [0.15, 0.2) is 0 Å². The summed E-state index contributed by atoms with van der Waals surface area (Å²) in [6.07, 6.45) is 11.1. The second-order valence-corrected chi connectivity index (χ2v) is 4.45. The Hall–Kier alpha value is -1.30. The largest absolute Gasteiger partial charge is 0.0877 e. The Morgan fingerprint density at radius 1 is 1.06 bits per heavy atom. The highest BCUT2D eigenvalue weighted by Gasteiger charge is 1.97. The first-order valence-electron chi connectivity index (χ1n) is 6.68. The molecule has 0 heterocycles. The molecule has 0 fully saturated rings. The van der Waals surface area contributed by atoms with E-state index in [-0.39, 0.29) is 0 Å². The molecular weight excluding hydrogens is 204 g/mol. The van der Waals surface area contributed by atoms with Crippen molar-refractivity contribution in [1.82, 2.24) is 0 Å². The molecule has 92 valence electrons. The molecule has 1 aromatic rings. The first-order chi connectivity index (χ1) is 8.30. The molecular formula is C17H24. The van der Waals surface area contributed by atoms with E-state index in [1.807, 2.05) is 0 Å². The number of hydrogen-bond acceptors (Lipinski definition) is 0. The molecule has 0 heteroatoms. The fourth-order valence-electron chi connectivity index (χ4n) is 1.91. The number of rotatable bonds is 6. The lowest BCUT2D eigenvalue weighted by Gasteiger charge is -2.05. The van der Waals surface area contributed by atoms with Crippen LogP contribution in [0, 0.1) is 0 Å². The summed E-state index contributed by atoms with van der Waals surface area (Å²) in [5.41, 5.74) is 4.36. The second-order valence-electron chi connectivity index (χ2n) is 4.45. The van der Waals surface area contributed by atoms with Crippen LogP contribution in [0.3, 0.4) is 0 Å². The second kappa shape index (κ2) is 7.89. The molecule has 0 aliphatic heterocycles. The molecule has 0 atom stereocenters. The van der Waals surface area contributed by atoms with E-state index in [0.717, 1.165) is 12.8 Å². The highest BCUT2D eigenvalue weighted by Crippen LogP contribution is 2.13. The Morgan fingerprint density at radius 3 is 2.24 bits per heavy atom. The standard InChI is InChI=1S/C17H24/c1-4-7-9-15(6-3)14-17-12-10-16(8-5-2)11-13-17/h4,7,9-13H,5-6,8,14H2,1-3H3/b7-4-,15-9+. The minimum absolute atomic E-state index is 1.08. The lowest BCUT2D eigenvalue weighted by Crippen LogP contribution is -1.90. The number of benzene rings is 1. The first-order valence-corrected chi connectivity index (χ1v) is 6.68. The van der Waals surface area contributed by atoms with Gasteiger partial charge in [-0.05, 0) is 37.3 Å². The van der Waals surface area contributed by atoms with Crippen molar-refractivity contribution in [2.75, 3.05) is 0 Å². The zero-order chi connectivity index (χ0) is 12.5. The van der Waals surface area contributed by atoms with Gasteiger partial charge in [-0.15, -0.1) is 0 Å². The molecule has 17 heavy (non-hydrogen) atoms. The Morgan fingerprint density at radius 2 is 1.71 bits per heavy atom. The molecule has 0 spiro atoms. The van der Waals surface area contributed by atoms with Gasteiger partial charge in [0.2, 0.25) is 0 Å². The van der Waals surface area contributed by atoms with Gasteiger partial charge in [0.25, 0.3) is 0 Å². The molecule has 0 N–H and O–H groups in total. The van der Waals surface area contributed by atoms with Crippen LogP contribution in [0.15, 0.2) is 48.1 Å². The van der Waals surface area contributed by atoms with Crippen molar-refractivity contribution in [2.45, 2.75) is 46.5 Å². The van der Waals surface area contributed by atoms with Crippen LogP contribution >= 0.6 is 0 Å². The Balaban J connectivity index is 2.67. The van der Waals surface area contributed by atoms with Crippen LogP contribution in [0.1, 0.15) is 44.7 Å². The monoisotopic (exact) mass is 228 g/mol. The van der Waals surface area contributed by atoms with E-state index in [9.17, 15) is 0 Å². The first kappa shape index (κ1) is 13.8. The third-order valence-corrected chi connectivity index (χ3v) is 2.97. The maximum Gasteiger partial charge on any atom is -0.00641 e. The van der Waals surface area contributed by atoms with E-state index in [0.29, 0.717) is 0 Å². The highest BCUT2D eigenvalue weighted by atomic mass is 14.0. The number of hydrogen-bond donors (Lipinski definition) is 0. The molecule has 0 radical (unpaired) electrons. The summed E-state index contributed by atoms with van der Waals surface area (Å²) in [6.45, 7) is 6.51. The predicted molar refractivity (Wildman–Crippen MR) is 77.3 cm³/mol. The molecule has 1 aromatic carbocycles. The zero-order valence-corrected chi connectivity index (χ0v) is 11.4. The Bertz CT molecular complexity index is 366. The van der Waals surface area contributed by atoms with Gasteiger partial charge >= 0.3 is 0 Å². The van der Waals surface area contributed by atoms with Gasteiger partial charge in [-0.2, -0.15) is 0 Å². The minimum Gasteiger partial charge on any atom is -0.0877 e. The molecule has 0 unspecified atom stereocenters. The molecule has 0 aromatic heterocycles. The van der Waals surface area contributed by atoms with Gasteiger partial charge in [0.05, 0.1) is 0 Å². The van der Waals surface area contributed by atoms with Gasteiger partial charge in [-0.3, -0.25) is 0 Å². The maximum atomic E-state index is 2.27. The van der Waals surface area contributed by atoms with Gasteiger partial charge in [-0.1, -0.05) is 68.3 Å². The van der Waals surface area contributed by atoms with Gasteiger partial charge in [0.1, 0.15) is 0 Å². The Kier molecular flexibility index (Phi) is 6.39. The summed E-state index contributed by atoms with van der Waals surface area (Å²) in [4.78, 5) is 0. The quantitative estimate of drug-likeness (QED) is 0.595. The zero-order valence-electron chi connectivity index (χ0n) is 11.4. The normalized spacial score (nSPS) is 12.3. The van der Waals surface area contributed by atoms with Gasteiger partial charge in [-0.25, -0.2) is 0 Å². The van der Waals surface area contributed by atoms with Crippen molar-refractivity contribution in [1.29, 1.82) is 0 Å². The van der Waals surface area contributed by atoms with Gasteiger partial charge < -0.3 is 0 Å². The van der Waals surface area contributed by atoms with Crippen LogP contribution in [0.25, 0.3) is 0 Å². The molecule has 0 saturated carbocycles. The molecule has 0 saturated heterocycles. The fraction of sp³-hybridized carbons (Fsp3) is 0.412. The Labute approximate surface area is 106 Å². The summed E-state index contributed by atoms with van der Waals surface area (Å²) in [6, 6.07) is 9.07. The van der Waals surface area contributed by atoms with E-state index in [2.05, 4.69) is 63.3 Å². The third kappa shape index (κ3) is 5.04. The van der Waals surface area contributed by atoms with Crippen molar-refractivity contribution >= 4 is 0 Å². The molecule has 0 aliphatic carbocycles. The van der Waals surface area contributed by atoms with Crippen LogP contribution in [0.2, 0.25) is 0 Å². The lowest BCUT2D eigenvalue weighted by molar-refractivity contribution is 0.919. The summed E-state index contributed by atoms with van der Waals surface area (Å²) in [7, 11) is 0. The number of aryl methyl sites for hydroxylation is 1. The van der Waals surface area contributed by atoms with Crippen molar-refractivity contribution < 1.29 is 0 Å². The highest BCUT2D eigenvalue weighted by molar-refractivity contribution is 5.27. The van der Waals surface area contributed by atoms with Gasteiger partial charge in [0, 0.05) is 0 Å². The molecule has 0 amide bonds. The van der Waals surface area contributed by atoms with Crippen LogP contribution in [0.4, 0.5) is 0 Å². The van der Waals surface area contributed by atoms with E-state index in [1.165, 1.54) is 29.5 Å². The van der Waals surface area contributed by atoms with Crippen molar-refractivity contribution in [3.05, 3.63) is 59.2 Å². The predicted octanol–water partition coefficient (Wildman–Crippen LogP) is 5.09. The number of allylic oxidation sites excluding steroid dienone is 4. The van der Waals surface area contributed by atoms with E-state index in [4.69, 9.17) is 0 Å². The fourth-order valence-corrected chi connectivity index (χ4v) is 1.91. The topological polar surface area (TPSA) is 0 Å². The molecule has 0 bridgehead atoms. The average molecular weight is 228 g/mol. The summed E-state index contributed by atoms with van der Waals surface area (Å²) < 4.78 is 0. The smallest absolute Gasteiger partial charge is 0.00641 e. The summed E-state index contributed by atoms with van der Waals surface area (Å²) in [5, 5.41) is 0.